The molecule has 0 aliphatic heterocycles. The summed E-state index contributed by atoms with van der Waals surface area (Å²) >= 11 is 1.62. The first-order valence-electron chi connectivity index (χ1n) is 11.0. The van der Waals surface area contributed by atoms with Gasteiger partial charge in [0.15, 0.2) is 0 Å². The van der Waals surface area contributed by atoms with Crippen LogP contribution in [0.25, 0.3) is 16.1 Å². The third-order valence-electron chi connectivity index (χ3n) is 5.65. The molecule has 2 aliphatic rings. The van der Waals surface area contributed by atoms with E-state index in [2.05, 4.69) is 34.6 Å². The van der Waals surface area contributed by atoms with Crippen LogP contribution in [0.4, 0.5) is 0 Å². The molecule has 1 N–H and O–H groups in total. The number of aromatic nitrogens is 1. The Morgan fingerprint density at radius 2 is 2.24 bits per heavy atom. The van der Waals surface area contributed by atoms with Crippen LogP contribution in [0.5, 0.6) is 5.75 Å². The molecule has 0 radical (unpaired) electrons. The van der Waals surface area contributed by atoms with Gasteiger partial charge in [-0.25, -0.2) is 4.98 Å². The second-order valence-electron chi connectivity index (χ2n) is 8.41. The van der Waals surface area contributed by atoms with Gasteiger partial charge in [0, 0.05) is 18.9 Å². The fourth-order valence-corrected chi connectivity index (χ4v) is 5.17. The number of allylic oxidation sites excluding steroid dienone is 5. The number of nitrogens with one attached hydrogen (secondary N) is 1. The quantitative estimate of drug-likeness (QED) is 0.625. The monoisotopic (exact) mass is 461 g/mol. The Morgan fingerprint density at radius 3 is 3.00 bits per heavy atom. The molecule has 1 unspecified atom stereocenters. The maximum Gasteiger partial charge on any atom is 0.246 e. The minimum atomic E-state index is -0.0853. The minimum absolute atomic E-state index is 0.00625. The molecular formula is C26H27N3O3S. The van der Waals surface area contributed by atoms with Gasteiger partial charge < -0.3 is 14.8 Å². The molecule has 1 amide bonds. The number of thiazole rings is 1. The third-order valence-corrected chi connectivity index (χ3v) is 6.73. The molecule has 1 aromatic carbocycles. The molecule has 33 heavy (non-hydrogen) atoms. The first kappa shape index (κ1) is 23.0. The smallest absolute Gasteiger partial charge is 0.246 e. The zero-order chi connectivity index (χ0) is 23.4. The molecule has 4 rings (SSSR count). The molecule has 6 nitrogen and oxygen atoms in total. The molecule has 1 saturated carbocycles. The van der Waals surface area contributed by atoms with Crippen LogP contribution in [0.3, 0.4) is 0 Å². The number of rotatable bonds is 7. The van der Waals surface area contributed by atoms with Crippen LogP contribution >= 0.6 is 11.3 Å². The van der Waals surface area contributed by atoms with E-state index in [1.165, 1.54) is 23.8 Å². The molecule has 170 valence electrons. The number of nitrogens with zero attached hydrogens (tertiary/aromatic N) is 2. The van der Waals surface area contributed by atoms with Crippen molar-refractivity contribution in [3.05, 3.63) is 64.2 Å². The van der Waals surface area contributed by atoms with E-state index in [1.807, 2.05) is 38.2 Å². The van der Waals surface area contributed by atoms with Crippen molar-refractivity contribution in [2.24, 2.45) is 0 Å². The van der Waals surface area contributed by atoms with Crippen LogP contribution in [-0.4, -0.2) is 36.8 Å². The third kappa shape index (κ3) is 5.24. The number of carbonyl (C=O) groups excluding carboxylic acids is 1. The Kier molecular flexibility index (Phi) is 7.07. The molecule has 2 aliphatic carbocycles. The van der Waals surface area contributed by atoms with E-state index in [0.717, 1.165) is 34.7 Å². The predicted octanol–water partition coefficient (Wildman–Crippen LogP) is 5.03. The van der Waals surface area contributed by atoms with Crippen LogP contribution in [0.1, 0.15) is 43.6 Å². The summed E-state index contributed by atoms with van der Waals surface area (Å²) < 4.78 is 10.7. The Morgan fingerprint density at radius 1 is 1.39 bits per heavy atom. The zero-order valence-electron chi connectivity index (χ0n) is 19.1. The van der Waals surface area contributed by atoms with E-state index in [4.69, 9.17) is 9.47 Å². The number of hydrogen-bond donors (Lipinski definition) is 1. The topological polar surface area (TPSA) is 84.2 Å². The minimum Gasteiger partial charge on any atom is -0.490 e. The van der Waals surface area contributed by atoms with Gasteiger partial charge in [-0.15, -0.1) is 11.3 Å². The van der Waals surface area contributed by atoms with Crippen LogP contribution in [0, 0.1) is 11.3 Å². The van der Waals surface area contributed by atoms with Crippen molar-refractivity contribution < 1.29 is 14.3 Å². The summed E-state index contributed by atoms with van der Waals surface area (Å²) in [5, 5.41) is 13.5. The van der Waals surface area contributed by atoms with Gasteiger partial charge >= 0.3 is 0 Å². The lowest BCUT2D eigenvalue weighted by atomic mass is 9.84. The first-order valence-corrected chi connectivity index (χ1v) is 11.8. The average Bonchev–Trinajstić information content (AvgIpc) is 3.20. The summed E-state index contributed by atoms with van der Waals surface area (Å²) in [4.78, 5) is 17.7. The van der Waals surface area contributed by atoms with Gasteiger partial charge in [0.2, 0.25) is 5.91 Å². The second-order valence-corrected chi connectivity index (χ2v) is 9.44. The highest BCUT2D eigenvalue weighted by atomic mass is 32.1. The molecule has 2 aromatic rings. The highest BCUT2D eigenvalue weighted by Gasteiger charge is 2.26. The van der Waals surface area contributed by atoms with Gasteiger partial charge in [-0.2, -0.15) is 5.26 Å². The maximum atomic E-state index is 12.0. The van der Waals surface area contributed by atoms with Gasteiger partial charge in [0.05, 0.1) is 22.6 Å². The van der Waals surface area contributed by atoms with Crippen molar-refractivity contribution in [2.45, 2.75) is 45.3 Å². The van der Waals surface area contributed by atoms with Crippen LogP contribution in [0.15, 0.2) is 53.8 Å². The number of carbonyl (C=O) groups is 1. The summed E-state index contributed by atoms with van der Waals surface area (Å²) in [6, 6.07) is 7.92. The Labute approximate surface area is 198 Å². The molecule has 0 saturated heterocycles. The molecule has 1 fully saturated rings. The Balaban J connectivity index is 1.55. The summed E-state index contributed by atoms with van der Waals surface area (Å²) in [5.41, 5.74) is 5.20. The summed E-state index contributed by atoms with van der Waals surface area (Å²) in [6.45, 7) is 3.96. The number of hydrogen-bond acceptors (Lipinski definition) is 6. The van der Waals surface area contributed by atoms with Gasteiger partial charge in [-0.3, -0.25) is 4.79 Å². The van der Waals surface area contributed by atoms with E-state index in [1.54, 1.807) is 11.3 Å². The van der Waals surface area contributed by atoms with Crippen molar-refractivity contribution in [3.8, 4) is 22.4 Å². The maximum absolute atomic E-state index is 12.0. The fraction of sp³-hybridized carbons (Fsp3) is 0.346. The Hall–Kier alpha value is -3.21. The van der Waals surface area contributed by atoms with Crippen LogP contribution in [-0.2, 0) is 9.53 Å². The van der Waals surface area contributed by atoms with Gasteiger partial charge in [0.25, 0.3) is 0 Å². The van der Waals surface area contributed by atoms with E-state index in [9.17, 15) is 10.1 Å². The standard InChI is InChI=1S/C26H27N3O3S/c1-16(2)32-23-10-8-19(12-20(23)13-27)26-28-14-24(33-26)21-6-4-5-18-11-17(21)7-9-22(18)29-25(30)15-31-3/h4-6,8,10,12,14,16,22H,7,9,11,15H2,1-3H3,(H,29,30). The van der Waals surface area contributed by atoms with Crippen molar-refractivity contribution in [1.82, 2.24) is 10.3 Å². The number of ether oxygens (including phenoxy) is 2. The fourth-order valence-electron chi connectivity index (χ4n) is 4.18. The lowest BCUT2D eigenvalue weighted by Gasteiger charge is -2.28. The average molecular weight is 462 g/mol. The van der Waals surface area contributed by atoms with Crippen molar-refractivity contribution in [2.75, 3.05) is 13.7 Å². The molecule has 1 atom stereocenters. The van der Waals surface area contributed by atoms with E-state index in [0.29, 0.717) is 11.3 Å². The van der Waals surface area contributed by atoms with Crippen LogP contribution < -0.4 is 10.1 Å². The van der Waals surface area contributed by atoms with E-state index < -0.39 is 0 Å². The van der Waals surface area contributed by atoms with Gasteiger partial charge in [0.1, 0.15) is 23.4 Å². The second kappa shape index (κ2) is 10.2. The van der Waals surface area contributed by atoms with Crippen molar-refractivity contribution >= 4 is 22.8 Å². The highest BCUT2D eigenvalue weighted by molar-refractivity contribution is 7.16. The molecule has 7 heteroatoms. The Bertz CT molecular complexity index is 1180. The lowest BCUT2D eigenvalue weighted by Crippen LogP contribution is -2.39. The SMILES string of the molecule is COCC(=O)NC1CCC2=C(c3cnc(-c4ccc(OC(C)C)c(C#N)c4)s3)C=CC=C1C2. The lowest BCUT2D eigenvalue weighted by molar-refractivity contribution is -0.125. The molecule has 0 spiro atoms. The predicted molar refractivity (Wildman–Crippen MR) is 130 cm³/mol. The molecular weight excluding hydrogens is 434 g/mol. The summed E-state index contributed by atoms with van der Waals surface area (Å²) in [7, 11) is 1.53. The number of fused-ring (bicyclic) bond motifs is 2. The number of amides is 1. The number of benzene rings is 1. The highest BCUT2D eigenvalue weighted by Crippen LogP contribution is 2.40. The van der Waals surface area contributed by atoms with E-state index in [-0.39, 0.29) is 24.7 Å². The van der Waals surface area contributed by atoms with E-state index >= 15 is 0 Å². The summed E-state index contributed by atoms with van der Waals surface area (Å²) in [6.07, 6.45) is 10.9. The van der Waals surface area contributed by atoms with Gasteiger partial charge in [-0.05, 0) is 62.5 Å². The molecule has 1 aromatic heterocycles. The normalized spacial score (nSPS) is 17.4. The molecule has 2 bridgehead atoms. The summed E-state index contributed by atoms with van der Waals surface area (Å²) in [5.74, 6) is 0.510. The van der Waals surface area contributed by atoms with Crippen molar-refractivity contribution in [3.63, 3.8) is 0 Å². The van der Waals surface area contributed by atoms with Crippen molar-refractivity contribution in [1.29, 1.82) is 5.26 Å². The largest absolute Gasteiger partial charge is 0.490 e. The number of methoxy groups -OCH3 is 1. The zero-order valence-corrected chi connectivity index (χ0v) is 19.9. The van der Waals surface area contributed by atoms with Crippen LogP contribution in [0.2, 0.25) is 0 Å². The number of nitriles is 1. The first-order chi connectivity index (χ1) is 16.0. The van der Waals surface area contributed by atoms with Gasteiger partial charge in [-0.1, -0.05) is 23.8 Å². The molecule has 1 heterocycles.